The first kappa shape index (κ1) is 18.5. The molecule has 0 saturated heterocycles. The fourth-order valence-corrected chi connectivity index (χ4v) is 4.66. The summed E-state index contributed by atoms with van der Waals surface area (Å²) in [6.45, 7) is 0. The zero-order valence-electron chi connectivity index (χ0n) is 16.1. The molecule has 2 N–H and O–H groups in total. The zero-order chi connectivity index (χ0) is 19.5. The Bertz CT molecular complexity index is 845. The average Bonchev–Trinajstić information content (AvgIpc) is 3.32. The van der Waals surface area contributed by atoms with Gasteiger partial charge in [0.2, 0.25) is 5.91 Å². The van der Waals surface area contributed by atoms with Gasteiger partial charge in [-0.1, -0.05) is 6.42 Å². The molecule has 28 heavy (non-hydrogen) atoms. The summed E-state index contributed by atoms with van der Waals surface area (Å²) in [7, 11) is 1.60. The van der Waals surface area contributed by atoms with Crippen LogP contribution in [0.15, 0.2) is 48.5 Å². The van der Waals surface area contributed by atoms with Gasteiger partial charge in [0.1, 0.15) is 5.75 Å². The van der Waals surface area contributed by atoms with Gasteiger partial charge in [-0.25, -0.2) is 0 Å². The van der Waals surface area contributed by atoms with Crippen LogP contribution in [-0.4, -0.2) is 18.9 Å². The van der Waals surface area contributed by atoms with Crippen molar-refractivity contribution in [3.8, 4) is 5.75 Å². The molecule has 2 saturated carbocycles. The SMILES string of the molecule is COc1ccc(NC(=O)c2ccc(NC(=O)CC3CC4CCC3C4)cc2)cc1. The van der Waals surface area contributed by atoms with Crippen LogP contribution in [-0.2, 0) is 4.79 Å². The Morgan fingerprint density at radius 1 is 0.929 bits per heavy atom. The van der Waals surface area contributed by atoms with Crippen molar-refractivity contribution < 1.29 is 14.3 Å². The van der Waals surface area contributed by atoms with Gasteiger partial charge in [-0.15, -0.1) is 0 Å². The van der Waals surface area contributed by atoms with Crippen molar-refractivity contribution >= 4 is 23.2 Å². The fourth-order valence-electron chi connectivity index (χ4n) is 4.66. The second kappa shape index (κ2) is 8.05. The highest BCUT2D eigenvalue weighted by Gasteiger charge is 2.40. The number of anilines is 2. The number of carbonyl (C=O) groups excluding carboxylic acids is 2. The second-order valence-corrected chi connectivity index (χ2v) is 7.95. The minimum atomic E-state index is -0.190. The van der Waals surface area contributed by atoms with Crippen molar-refractivity contribution in [2.75, 3.05) is 17.7 Å². The third-order valence-corrected chi connectivity index (χ3v) is 6.11. The van der Waals surface area contributed by atoms with E-state index in [-0.39, 0.29) is 11.8 Å². The number of fused-ring (bicyclic) bond motifs is 2. The number of ether oxygens (including phenoxy) is 1. The summed E-state index contributed by atoms with van der Waals surface area (Å²) < 4.78 is 5.11. The van der Waals surface area contributed by atoms with E-state index in [1.165, 1.54) is 25.7 Å². The Balaban J connectivity index is 1.30. The van der Waals surface area contributed by atoms with Crippen LogP contribution in [0, 0.1) is 17.8 Å². The molecule has 5 nitrogen and oxygen atoms in total. The first-order chi connectivity index (χ1) is 13.6. The van der Waals surface area contributed by atoms with E-state index in [4.69, 9.17) is 4.74 Å². The van der Waals surface area contributed by atoms with Crippen LogP contribution in [0.4, 0.5) is 11.4 Å². The Hall–Kier alpha value is -2.82. The first-order valence-electron chi connectivity index (χ1n) is 9.96. The highest BCUT2D eigenvalue weighted by Crippen LogP contribution is 2.49. The van der Waals surface area contributed by atoms with Crippen molar-refractivity contribution in [3.05, 3.63) is 54.1 Å². The molecule has 0 spiro atoms. The summed E-state index contributed by atoms with van der Waals surface area (Å²) in [5.74, 6) is 2.78. The molecule has 2 fully saturated rings. The molecule has 146 valence electrons. The molecule has 0 radical (unpaired) electrons. The van der Waals surface area contributed by atoms with Crippen molar-refractivity contribution in [2.45, 2.75) is 32.1 Å². The smallest absolute Gasteiger partial charge is 0.255 e. The second-order valence-electron chi connectivity index (χ2n) is 7.95. The number of benzene rings is 2. The maximum atomic E-state index is 12.4. The molecule has 3 unspecified atom stereocenters. The maximum Gasteiger partial charge on any atom is 0.255 e. The van der Waals surface area contributed by atoms with Crippen molar-refractivity contribution in [1.29, 1.82) is 0 Å². The van der Waals surface area contributed by atoms with Crippen LogP contribution in [0.1, 0.15) is 42.5 Å². The third kappa shape index (κ3) is 4.19. The number of nitrogens with one attached hydrogen (secondary N) is 2. The summed E-state index contributed by atoms with van der Waals surface area (Å²) in [5.41, 5.74) is 1.98. The molecule has 0 heterocycles. The summed E-state index contributed by atoms with van der Waals surface area (Å²) in [6.07, 6.45) is 5.78. The molecule has 2 aromatic rings. The molecule has 0 aliphatic heterocycles. The van der Waals surface area contributed by atoms with Gasteiger partial charge in [0.25, 0.3) is 5.91 Å². The lowest BCUT2D eigenvalue weighted by Crippen LogP contribution is -2.20. The van der Waals surface area contributed by atoms with Gasteiger partial charge < -0.3 is 15.4 Å². The van der Waals surface area contributed by atoms with Gasteiger partial charge >= 0.3 is 0 Å². The molecular weight excluding hydrogens is 352 g/mol. The Kier molecular flexibility index (Phi) is 5.33. The summed E-state index contributed by atoms with van der Waals surface area (Å²) in [6, 6.07) is 14.2. The minimum Gasteiger partial charge on any atom is -0.497 e. The Morgan fingerprint density at radius 3 is 2.21 bits per heavy atom. The van der Waals surface area contributed by atoms with Gasteiger partial charge in [0, 0.05) is 23.4 Å². The lowest BCUT2D eigenvalue weighted by Gasteiger charge is -2.20. The molecule has 2 bridgehead atoms. The lowest BCUT2D eigenvalue weighted by atomic mass is 9.86. The van der Waals surface area contributed by atoms with E-state index in [0.717, 1.165) is 23.3 Å². The fraction of sp³-hybridized carbons (Fsp3) is 0.391. The van der Waals surface area contributed by atoms with Crippen LogP contribution in [0.25, 0.3) is 0 Å². The van der Waals surface area contributed by atoms with Crippen molar-refractivity contribution in [3.63, 3.8) is 0 Å². The number of carbonyl (C=O) groups is 2. The lowest BCUT2D eigenvalue weighted by molar-refractivity contribution is -0.117. The van der Waals surface area contributed by atoms with Crippen LogP contribution in [0.3, 0.4) is 0 Å². The Morgan fingerprint density at radius 2 is 1.61 bits per heavy atom. The predicted molar refractivity (Wildman–Crippen MR) is 110 cm³/mol. The highest BCUT2D eigenvalue weighted by atomic mass is 16.5. The molecule has 0 aromatic heterocycles. The van der Waals surface area contributed by atoms with Crippen molar-refractivity contribution in [1.82, 2.24) is 0 Å². The third-order valence-electron chi connectivity index (χ3n) is 6.11. The van der Waals surface area contributed by atoms with E-state index >= 15 is 0 Å². The van der Waals surface area contributed by atoms with Crippen molar-refractivity contribution in [2.24, 2.45) is 17.8 Å². The average molecular weight is 378 g/mol. The topological polar surface area (TPSA) is 67.4 Å². The molecule has 4 rings (SSSR count). The normalized spacial score (nSPS) is 22.7. The van der Waals surface area contributed by atoms with Gasteiger partial charge in [0.15, 0.2) is 0 Å². The molecule has 5 heteroatoms. The maximum absolute atomic E-state index is 12.4. The number of amides is 2. The monoisotopic (exact) mass is 378 g/mol. The first-order valence-corrected chi connectivity index (χ1v) is 9.96. The zero-order valence-corrected chi connectivity index (χ0v) is 16.1. The molecular formula is C23H26N2O3. The standard InChI is InChI=1S/C23H26N2O3/c1-28-21-10-8-20(9-11-21)25-23(27)16-4-6-19(7-5-16)24-22(26)14-18-13-15-2-3-17(18)12-15/h4-11,15,17-18H,2-3,12-14H2,1H3,(H,24,26)(H,25,27). The van der Waals surface area contributed by atoms with Gasteiger partial charge in [-0.2, -0.15) is 0 Å². The number of rotatable bonds is 6. The molecule has 2 aliphatic carbocycles. The van der Waals surface area contributed by atoms with E-state index in [9.17, 15) is 9.59 Å². The molecule has 2 aliphatic rings. The summed E-state index contributed by atoms with van der Waals surface area (Å²) >= 11 is 0. The van der Waals surface area contributed by atoms with E-state index in [0.29, 0.717) is 23.6 Å². The Labute approximate surface area is 165 Å². The van der Waals surface area contributed by atoms with E-state index in [1.807, 2.05) is 0 Å². The predicted octanol–water partition coefficient (Wildman–Crippen LogP) is 4.71. The number of methoxy groups -OCH3 is 1. The largest absolute Gasteiger partial charge is 0.497 e. The van der Waals surface area contributed by atoms with E-state index in [1.54, 1.807) is 55.6 Å². The highest BCUT2D eigenvalue weighted by molar-refractivity contribution is 6.04. The van der Waals surface area contributed by atoms with Crippen LogP contribution in [0.5, 0.6) is 5.75 Å². The van der Waals surface area contributed by atoms with Crippen LogP contribution in [0.2, 0.25) is 0 Å². The van der Waals surface area contributed by atoms with E-state index in [2.05, 4.69) is 10.6 Å². The van der Waals surface area contributed by atoms with Gasteiger partial charge in [-0.05, 0) is 85.5 Å². The van der Waals surface area contributed by atoms with Gasteiger partial charge in [-0.3, -0.25) is 9.59 Å². The number of hydrogen-bond donors (Lipinski definition) is 2. The minimum absolute atomic E-state index is 0.0768. The summed E-state index contributed by atoms with van der Waals surface area (Å²) in [5, 5.41) is 5.82. The quantitative estimate of drug-likeness (QED) is 0.765. The molecule has 3 atom stereocenters. The van der Waals surface area contributed by atoms with Crippen LogP contribution < -0.4 is 15.4 Å². The van der Waals surface area contributed by atoms with Crippen LogP contribution >= 0.6 is 0 Å². The van der Waals surface area contributed by atoms with Gasteiger partial charge in [0.05, 0.1) is 7.11 Å². The molecule has 2 aromatic carbocycles. The van der Waals surface area contributed by atoms with E-state index < -0.39 is 0 Å². The molecule has 2 amide bonds. The number of hydrogen-bond acceptors (Lipinski definition) is 3. The summed E-state index contributed by atoms with van der Waals surface area (Å²) in [4.78, 5) is 24.7.